The fourth-order valence-electron chi connectivity index (χ4n) is 3.03. The molecule has 3 heteroatoms. The summed E-state index contributed by atoms with van der Waals surface area (Å²) in [5, 5.41) is 12.7. The van der Waals surface area contributed by atoms with Crippen molar-refractivity contribution in [3.63, 3.8) is 0 Å². The van der Waals surface area contributed by atoms with Crippen molar-refractivity contribution in [2.45, 2.75) is 51.0 Å². The molecule has 110 valence electrons. The summed E-state index contributed by atoms with van der Waals surface area (Å²) in [6.07, 6.45) is 4.72. The molecule has 1 aliphatic carbocycles. The highest BCUT2D eigenvalue weighted by Gasteiger charge is 2.23. The van der Waals surface area contributed by atoms with Gasteiger partial charge in [0.1, 0.15) is 0 Å². The molecule has 0 aliphatic heterocycles. The lowest BCUT2D eigenvalue weighted by Gasteiger charge is -2.20. The van der Waals surface area contributed by atoms with Crippen molar-refractivity contribution < 1.29 is 9.90 Å². The van der Waals surface area contributed by atoms with Crippen molar-refractivity contribution in [1.29, 1.82) is 0 Å². The van der Waals surface area contributed by atoms with E-state index in [1.165, 1.54) is 18.4 Å². The number of hydrogen-bond donors (Lipinski definition) is 2. The van der Waals surface area contributed by atoms with Gasteiger partial charge in [-0.25, -0.2) is 0 Å². The first-order valence-electron chi connectivity index (χ1n) is 7.67. The Morgan fingerprint density at radius 2 is 1.95 bits per heavy atom. The van der Waals surface area contributed by atoms with Gasteiger partial charge in [-0.1, -0.05) is 43.2 Å². The van der Waals surface area contributed by atoms with Crippen LogP contribution in [-0.2, 0) is 4.79 Å². The Hall–Kier alpha value is -1.35. The maximum absolute atomic E-state index is 12.1. The summed E-state index contributed by atoms with van der Waals surface area (Å²) < 4.78 is 0. The lowest BCUT2D eigenvalue weighted by molar-refractivity contribution is -0.124. The van der Waals surface area contributed by atoms with Crippen LogP contribution in [0.3, 0.4) is 0 Å². The molecule has 0 radical (unpaired) electrons. The Morgan fingerprint density at radius 3 is 2.55 bits per heavy atom. The Morgan fingerprint density at radius 1 is 1.30 bits per heavy atom. The molecule has 1 saturated carbocycles. The van der Waals surface area contributed by atoms with Gasteiger partial charge in [-0.2, -0.15) is 0 Å². The maximum atomic E-state index is 12.1. The molecule has 1 amide bonds. The Labute approximate surface area is 121 Å². The molecule has 2 N–H and O–H groups in total. The third kappa shape index (κ3) is 4.34. The zero-order valence-electron chi connectivity index (χ0n) is 12.2. The van der Waals surface area contributed by atoms with Crippen molar-refractivity contribution in [2.75, 3.05) is 6.54 Å². The van der Waals surface area contributed by atoms with E-state index in [9.17, 15) is 9.90 Å². The van der Waals surface area contributed by atoms with E-state index in [0.717, 1.165) is 12.8 Å². The second kappa shape index (κ2) is 7.44. The molecular formula is C17H25NO2. The van der Waals surface area contributed by atoms with Crippen LogP contribution >= 0.6 is 0 Å². The van der Waals surface area contributed by atoms with Crippen LogP contribution in [0.25, 0.3) is 0 Å². The molecule has 2 rings (SSSR count). The second-order valence-corrected chi connectivity index (χ2v) is 5.92. The fourth-order valence-corrected chi connectivity index (χ4v) is 3.03. The lowest BCUT2D eigenvalue weighted by Crippen LogP contribution is -2.33. The van der Waals surface area contributed by atoms with Crippen LogP contribution in [0.15, 0.2) is 30.3 Å². The molecule has 0 spiro atoms. The minimum absolute atomic E-state index is 0.182. The summed E-state index contributed by atoms with van der Waals surface area (Å²) in [4.78, 5) is 12.1. The fraction of sp³-hybridized carbons (Fsp3) is 0.588. The van der Waals surface area contributed by atoms with Gasteiger partial charge in [0.15, 0.2) is 0 Å². The van der Waals surface area contributed by atoms with Crippen LogP contribution < -0.4 is 5.32 Å². The zero-order valence-corrected chi connectivity index (χ0v) is 12.2. The summed E-state index contributed by atoms with van der Waals surface area (Å²) in [5.74, 6) is 0.577. The van der Waals surface area contributed by atoms with Crippen LogP contribution in [0.1, 0.15) is 50.5 Å². The summed E-state index contributed by atoms with van der Waals surface area (Å²) in [5.41, 5.74) is 1.18. The zero-order chi connectivity index (χ0) is 14.4. The molecule has 1 aromatic carbocycles. The number of nitrogens with one attached hydrogen (secondary N) is 1. The predicted molar refractivity (Wildman–Crippen MR) is 80.4 cm³/mol. The molecule has 0 aromatic heterocycles. The van der Waals surface area contributed by atoms with Gasteiger partial charge in [-0.05, 0) is 31.7 Å². The van der Waals surface area contributed by atoms with Crippen molar-refractivity contribution >= 4 is 5.91 Å². The number of aliphatic hydroxyl groups excluding tert-OH is 1. The van der Waals surface area contributed by atoms with Gasteiger partial charge in [-0.15, -0.1) is 0 Å². The largest absolute Gasteiger partial charge is 0.393 e. The summed E-state index contributed by atoms with van der Waals surface area (Å²) in [6, 6.07) is 10.1. The summed E-state index contributed by atoms with van der Waals surface area (Å²) in [6.45, 7) is 2.42. The van der Waals surface area contributed by atoms with E-state index in [0.29, 0.717) is 13.0 Å². The number of carbonyl (C=O) groups is 1. The van der Waals surface area contributed by atoms with Crippen LogP contribution in [0.4, 0.5) is 0 Å². The van der Waals surface area contributed by atoms with Gasteiger partial charge in [0.25, 0.3) is 0 Å². The van der Waals surface area contributed by atoms with Crippen molar-refractivity contribution in [1.82, 2.24) is 5.32 Å². The topological polar surface area (TPSA) is 49.3 Å². The highest BCUT2D eigenvalue weighted by atomic mass is 16.3. The van der Waals surface area contributed by atoms with Crippen LogP contribution in [-0.4, -0.2) is 23.7 Å². The van der Waals surface area contributed by atoms with Gasteiger partial charge in [0.05, 0.1) is 6.10 Å². The number of carbonyl (C=O) groups excluding carboxylic acids is 1. The third-order valence-electron chi connectivity index (χ3n) is 4.15. The van der Waals surface area contributed by atoms with E-state index in [2.05, 4.69) is 17.4 Å². The molecule has 1 fully saturated rings. The quantitative estimate of drug-likeness (QED) is 0.838. The molecule has 1 aliphatic rings. The highest BCUT2D eigenvalue weighted by Crippen LogP contribution is 2.25. The average molecular weight is 275 g/mol. The maximum Gasteiger partial charge on any atom is 0.223 e. The Bertz CT molecular complexity index is 410. The molecule has 0 heterocycles. The number of benzene rings is 1. The standard InChI is InChI=1S/C17H25NO2/c1-13(19)11-16(14-7-3-2-4-8-14)12-18-17(20)15-9-5-6-10-15/h2-4,7-8,13,15-16,19H,5-6,9-12H2,1H3,(H,18,20)/t13-,16+/m0/s1. The van der Waals surface area contributed by atoms with Crippen LogP contribution in [0, 0.1) is 5.92 Å². The van der Waals surface area contributed by atoms with Crippen molar-refractivity contribution in [3.05, 3.63) is 35.9 Å². The minimum Gasteiger partial charge on any atom is -0.393 e. The van der Waals surface area contributed by atoms with Crippen LogP contribution in [0.5, 0.6) is 0 Å². The van der Waals surface area contributed by atoms with Gasteiger partial charge < -0.3 is 10.4 Å². The molecular weight excluding hydrogens is 250 g/mol. The SMILES string of the molecule is C[C@H](O)C[C@H](CNC(=O)C1CCCC1)c1ccccc1. The molecule has 1 aromatic rings. The Kier molecular flexibility index (Phi) is 5.60. The van der Waals surface area contributed by atoms with E-state index in [-0.39, 0.29) is 23.8 Å². The van der Waals surface area contributed by atoms with E-state index in [1.54, 1.807) is 6.92 Å². The minimum atomic E-state index is -0.358. The van der Waals surface area contributed by atoms with Gasteiger partial charge >= 0.3 is 0 Å². The number of amides is 1. The third-order valence-corrected chi connectivity index (χ3v) is 4.15. The van der Waals surface area contributed by atoms with E-state index >= 15 is 0 Å². The average Bonchev–Trinajstić information content (AvgIpc) is 2.98. The molecule has 0 bridgehead atoms. The van der Waals surface area contributed by atoms with Gasteiger partial charge in [0, 0.05) is 18.4 Å². The molecule has 0 saturated heterocycles. The van der Waals surface area contributed by atoms with Crippen molar-refractivity contribution in [3.8, 4) is 0 Å². The molecule has 20 heavy (non-hydrogen) atoms. The second-order valence-electron chi connectivity index (χ2n) is 5.92. The number of rotatable bonds is 6. The normalized spacial score (nSPS) is 18.7. The van der Waals surface area contributed by atoms with E-state index in [4.69, 9.17) is 0 Å². The summed E-state index contributed by atoms with van der Waals surface area (Å²) in [7, 11) is 0. The van der Waals surface area contributed by atoms with Gasteiger partial charge in [-0.3, -0.25) is 4.79 Å². The highest BCUT2D eigenvalue weighted by molar-refractivity contribution is 5.78. The molecule has 3 nitrogen and oxygen atoms in total. The first-order valence-corrected chi connectivity index (χ1v) is 7.67. The molecule has 2 atom stereocenters. The van der Waals surface area contributed by atoms with E-state index in [1.807, 2.05) is 18.2 Å². The Balaban J connectivity index is 1.92. The smallest absolute Gasteiger partial charge is 0.223 e. The molecule has 0 unspecified atom stereocenters. The summed E-state index contributed by atoms with van der Waals surface area (Å²) >= 11 is 0. The van der Waals surface area contributed by atoms with E-state index < -0.39 is 0 Å². The number of aliphatic hydroxyl groups is 1. The van der Waals surface area contributed by atoms with Gasteiger partial charge in [0.2, 0.25) is 5.91 Å². The van der Waals surface area contributed by atoms with Crippen LogP contribution in [0.2, 0.25) is 0 Å². The monoisotopic (exact) mass is 275 g/mol. The first kappa shape index (κ1) is 15.0. The van der Waals surface area contributed by atoms with Crippen molar-refractivity contribution in [2.24, 2.45) is 5.92 Å². The predicted octanol–water partition coefficient (Wildman–Crippen LogP) is 2.85. The lowest BCUT2D eigenvalue weighted by atomic mass is 9.93. The number of hydrogen-bond acceptors (Lipinski definition) is 2. The first-order chi connectivity index (χ1) is 9.66.